The highest BCUT2D eigenvalue weighted by Gasteiger charge is 1.96. The molecular formula is C22H44O4. The van der Waals surface area contributed by atoms with Crippen molar-refractivity contribution in [1.82, 2.24) is 0 Å². The van der Waals surface area contributed by atoms with Crippen LogP contribution in [0.1, 0.15) is 117 Å². The van der Waals surface area contributed by atoms with E-state index in [1.807, 2.05) is 0 Å². The van der Waals surface area contributed by atoms with Crippen molar-refractivity contribution < 1.29 is 19.8 Å². The summed E-state index contributed by atoms with van der Waals surface area (Å²) in [4.78, 5) is 20.3. The highest BCUT2D eigenvalue weighted by atomic mass is 16.4. The highest BCUT2D eigenvalue weighted by molar-refractivity contribution is 5.66. The molecule has 0 aromatic heterocycles. The van der Waals surface area contributed by atoms with Gasteiger partial charge in [-0.05, 0) is 12.8 Å². The molecule has 0 unspecified atom stereocenters. The van der Waals surface area contributed by atoms with E-state index < -0.39 is 11.9 Å². The summed E-state index contributed by atoms with van der Waals surface area (Å²) >= 11 is 0. The minimum atomic E-state index is -0.663. The van der Waals surface area contributed by atoms with E-state index in [0.717, 1.165) is 25.7 Å². The zero-order chi connectivity index (χ0) is 20.5. The fourth-order valence-electron chi connectivity index (χ4n) is 2.47. The van der Waals surface area contributed by atoms with Gasteiger partial charge in [0.2, 0.25) is 0 Å². The summed E-state index contributed by atoms with van der Waals surface area (Å²) in [5, 5.41) is 16.7. The topological polar surface area (TPSA) is 74.6 Å². The van der Waals surface area contributed by atoms with E-state index in [0.29, 0.717) is 12.8 Å². The molecule has 2 N–H and O–H groups in total. The van der Waals surface area contributed by atoms with Gasteiger partial charge in [-0.2, -0.15) is 0 Å². The Morgan fingerprint density at radius 3 is 1.00 bits per heavy atom. The number of carboxylic acids is 2. The molecule has 4 heteroatoms. The second kappa shape index (κ2) is 28.5. The average Bonchev–Trinajstić information content (AvgIpc) is 2.62. The lowest BCUT2D eigenvalue weighted by atomic mass is 10.1. The van der Waals surface area contributed by atoms with E-state index in [4.69, 9.17) is 10.2 Å². The summed E-state index contributed by atoms with van der Waals surface area (Å²) in [5.74, 6) is -1.33. The van der Waals surface area contributed by atoms with Crippen LogP contribution >= 0.6 is 0 Å². The van der Waals surface area contributed by atoms with Crippen molar-refractivity contribution in [2.45, 2.75) is 117 Å². The number of carboxylic acid groups (broad SMARTS) is 2. The fraction of sp³-hybridized carbons (Fsp3) is 0.818. The summed E-state index contributed by atoms with van der Waals surface area (Å²) in [6.45, 7) is 10.4. The predicted octanol–water partition coefficient (Wildman–Crippen LogP) is 7.23. The molecule has 0 saturated carbocycles. The van der Waals surface area contributed by atoms with Crippen molar-refractivity contribution in [2.24, 2.45) is 0 Å². The van der Waals surface area contributed by atoms with E-state index >= 15 is 0 Å². The molecule has 0 heterocycles. The van der Waals surface area contributed by atoms with Crippen molar-refractivity contribution in [3.63, 3.8) is 0 Å². The van der Waals surface area contributed by atoms with Crippen LogP contribution in [0, 0.1) is 0 Å². The van der Waals surface area contributed by atoms with Crippen LogP contribution in [0.15, 0.2) is 13.2 Å². The van der Waals surface area contributed by atoms with Gasteiger partial charge in [-0.15, -0.1) is 13.2 Å². The van der Waals surface area contributed by atoms with Crippen molar-refractivity contribution in [1.29, 1.82) is 0 Å². The van der Waals surface area contributed by atoms with Gasteiger partial charge in [-0.3, -0.25) is 9.59 Å². The van der Waals surface area contributed by atoms with Gasteiger partial charge in [0.15, 0.2) is 0 Å². The lowest BCUT2D eigenvalue weighted by Crippen LogP contribution is -1.93. The maximum absolute atomic E-state index is 10.1. The van der Waals surface area contributed by atoms with E-state index in [1.165, 1.54) is 64.2 Å². The molecule has 0 bridgehead atoms. The van der Waals surface area contributed by atoms with Gasteiger partial charge >= 0.3 is 11.9 Å². The molecule has 0 aliphatic carbocycles. The maximum Gasteiger partial charge on any atom is 0.303 e. The molecule has 0 atom stereocenters. The van der Waals surface area contributed by atoms with Gasteiger partial charge in [0.1, 0.15) is 0 Å². The van der Waals surface area contributed by atoms with Gasteiger partial charge in [0, 0.05) is 12.8 Å². The van der Waals surface area contributed by atoms with Crippen LogP contribution in [0.4, 0.5) is 0 Å². The number of carbonyl (C=O) groups is 2. The Kier molecular flexibility index (Phi) is 32.3. The molecule has 0 saturated heterocycles. The Balaban J connectivity index is -0.000000371. The second-order valence-corrected chi connectivity index (χ2v) is 6.53. The third-order valence-electron chi connectivity index (χ3n) is 3.99. The first-order valence-corrected chi connectivity index (χ1v) is 10.5. The van der Waals surface area contributed by atoms with Gasteiger partial charge in [-0.1, -0.05) is 90.9 Å². The molecule has 0 rings (SSSR count). The van der Waals surface area contributed by atoms with Crippen LogP contribution < -0.4 is 0 Å². The molecule has 0 aromatic carbocycles. The third kappa shape index (κ3) is 38.3. The molecule has 26 heavy (non-hydrogen) atoms. The molecular weight excluding hydrogens is 328 g/mol. The summed E-state index contributed by atoms with van der Waals surface area (Å²) in [5.41, 5.74) is 0. The van der Waals surface area contributed by atoms with E-state index in [-0.39, 0.29) is 0 Å². The summed E-state index contributed by atoms with van der Waals surface area (Å²) < 4.78 is 0. The van der Waals surface area contributed by atoms with E-state index in [2.05, 4.69) is 27.0 Å². The first-order chi connectivity index (χ1) is 12.5. The second-order valence-electron chi connectivity index (χ2n) is 6.53. The van der Waals surface area contributed by atoms with Crippen molar-refractivity contribution in [2.75, 3.05) is 0 Å². The molecule has 0 fully saturated rings. The monoisotopic (exact) mass is 372 g/mol. The molecule has 0 aliphatic heterocycles. The van der Waals surface area contributed by atoms with Crippen LogP contribution in [-0.2, 0) is 9.59 Å². The summed E-state index contributed by atoms with van der Waals surface area (Å²) in [6.07, 6.45) is 17.3. The van der Waals surface area contributed by atoms with Crippen molar-refractivity contribution >= 4 is 11.9 Å². The average molecular weight is 373 g/mol. The van der Waals surface area contributed by atoms with Crippen molar-refractivity contribution in [3.05, 3.63) is 13.2 Å². The lowest BCUT2D eigenvalue weighted by Gasteiger charge is -1.98. The number of hydrogen-bond acceptors (Lipinski definition) is 2. The smallest absolute Gasteiger partial charge is 0.303 e. The maximum atomic E-state index is 10.1. The first kappa shape index (κ1) is 29.4. The standard InChI is InChI=1S/2C10H20O2.C2H4/c2*1-2-3-4-5-6-7-8-9-10(11)12;1-2/h2*2-9H2,1H3,(H,11,12);1-2H2. The number of unbranched alkanes of at least 4 members (excludes halogenated alkanes) is 12. The number of hydrogen-bond donors (Lipinski definition) is 2. The van der Waals surface area contributed by atoms with Crippen LogP contribution in [-0.4, -0.2) is 22.2 Å². The molecule has 156 valence electrons. The largest absolute Gasteiger partial charge is 0.481 e. The quantitative estimate of drug-likeness (QED) is 0.221. The lowest BCUT2D eigenvalue weighted by molar-refractivity contribution is -0.138. The van der Waals surface area contributed by atoms with Crippen molar-refractivity contribution in [3.8, 4) is 0 Å². The summed E-state index contributed by atoms with van der Waals surface area (Å²) in [6, 6.07) is 0. The zero-order valence-corrected chi connectivity index (χ0v) is 17.4. The van der Waals surface area contributed by atoms with E-state index in [1.54, 1.807) is 0 Å². The van der Waals surface area contributed by atoms with Crippen LogP contribution in [0.5, 0.6) is 0 Å². The molecule has 4 nitrogen and oxygen atoms in total. The SMILES string of the molecule is C=C.CCCCCCCCCC(=O)O.CCCCCCCCCC(=O)O. The zero-order valence-electron chi connectivity index (χ0n) is 17.4. The minimum Gasteiger partial charge on any atom is -0.481 e. The Hall–Kier alpha value is -1.32. The number of aliphatic carboxylic acids is 2. The normalized spacial score (nSPS) is 9.46. The number of rotatable bonds is 16. The third-order valence-corrected chi connectivity index (χ3v) is 3.99. The predicted molar refractivity (Wildman–Crippen MR) is 112 cm³/mol. The van der Waals surface area contributed by atoms with Gasteiger partial charge in [0.05, 0.1) is 0 Å². The van der Waals surface area contributed by atoms with Gasteiger partial charge < -0.3 is 10.2 Å². The Bertz CT molecular complexity index is 262. The Labute approximate surface area is 162 Å². The fourth-order valence-corrected chi connectivity index (χ4v) is 2.47. The van der Waals surface area contributed by atoms with Gasteiger partial charge in [-0.25, -0.2) is 0 Å². The molecule has 0 amide bonds. The van der Waals surface area contributed by atoms with Crippen LogP contribution in [0.2, 0.25) is 0 Å². The Morgan fingerprint density at radius 1 is 0.538 bits per heavy atom. The van der Waals surface area contributed by atoms with Gasteiger partial charge in [0.25, 0.3) is 0 Å². The first-order valence-electron chi connectivity index (χ1n) is 10.5. The van der Waals surface area contributed by atoms with Crippen LogP contribution in [0.3, 0.4) is 0 Å². The summed E-state index contributed by atoms with van der Waals surface area (Å²) in [7, 11) is 0. The molecule has 0 aliphatic rings. The minimum absolute atomic E-state index is 0.341. The van der Waals surface area contributed by atoms with E-state index in [9.17, 15) is 9.59 Å². The Morgan fingerprint density at radius 2 is 0.769 bits per heavy atom. The molecule has 0 aromatic rings. The van der Waals surface area contributed by atoms with Crippen LogP contribution in [0.25, 0.3) is 0 Å². The molecule has 0 radical (unpaired) electrons. The molecule has 0 spiro atoms. The highest BCUT2D eigenvalue weighted by Crippen LogP contribution is 2.08.